The fourth-order valence-corrected chi connectivity index (χ4v) is 2.25. The third kappa shape index (κ3) is 4.88. The molecule has 1 fully saturated rings. The highest BCUT2D eigenvalue weighted by atomic mass is 19.1. The largest absolute Gasteiger partial charge is 0.454 e. The van der Waals surface area contributed by atoms with Crippen LogP contribution in [-0.4, -0.2) is 52.9 Å². The minimum absolute atomic E-state index is 0.0634. The van der Waals surface area contributed by atoms with Crippen LogP contribution in [0.4, 0.5) is 14.9 Å². The number of halogens is 1. The maximum Gasteiger partial charge on any atom is 0.410 e. The van der Waals surface area contributed by atoms with Gasteiger partial charge < -0.3 is 14.4 Å². The number of carbonyl (C=O) groups excluding carboxylic acids is 2. The number of likely N-dealkylation sites (tertiary alicyclic amines) is 1. The van der Waals surface area contributed by atoms with Crippen LogP contribution in [-0.2, 0) is 9.47 Å². The molecule has 8 nitrogen and oxygen atoms in total. The molecular formula is C16H19FN2O6. The summed E-state index contributed by atoms with van der Waals surface area (Å²) in [5.41, 5.74) is -0.818. The Kier molecular flexibility index (Phi) is 5.24. The van der Waals surface area contributed by atoms with Gasteiger partial charge in [0.1, 0.15) is 5.60 Å². The van der Waals surface area contributed by atoms with Crippen LogP contribution in [0.1, 0.15) is 31.1 Å². The maximum absolute atomic E-state index is 14.1. The minimum Gasteiger partial charge on any atom is -0.454 e. The molecular weight excluding hydrogens is 335 g/mol. The number of hydrogen-bond donors (Lipinski definition) is 0. The number of esters is 1. The van der Waals surface area contributed by atoms with Crippen LogP contribution in [0.25, 0.3) is 0 Å². The average Bonchev–Trinajstić information content (AvgIpc) is 2.87. The standard InChI is InChI=1S/C16H19FN2O6/c1-16(2,3)25-15(21)18-8-12(17)13(9-18)24-14(20)10-4-6-11(7-5-10)19(22)23/h4-7,12-13H,8-9H2,1-3H3/t12-,13+/m1/s1. The monoisotopic (exact) mass is 354 g/mol. The lowest BCUT2D eigenvalue weighted by molar-refractivity contribution is -0.384. The summed E-state index contributed by atoms with van der Waals surface area (Å²) in [6.07, 6.45) is -3.33. The van der Waals surface area contributed by atoms with Gasteiger partial charge in [0.25, 0.3) is 5.69 Å². The highest BCUT2D eigenvalue weighted by Crippen LogP contribution is 2.21. The Bertz CT molecular complexity index is 670. The molecule has 2 rings (SSSR count). The van der Waals surface area contributed by atoms with E-state index >= 15 is 0 Å². The second-order valence-electron chi connectivity index (χ2n) is 6.65. The third-order valence-electron chi connectivity index (χ3n) is 3.42. The van der Waals surface area contributed by atoms with Crippen molar-refractivity contribution in [2.24, 2.45) is 0 Å². The summed E-state index contributed by atoms with van der Waals surface area (Å²) in [6, 6.07) is 4.78. The summed E-state index contributed by atoms with van der Waals surface area (Å²) >= 11 is 0. The number of non-ortho nitro benzene ring substituents is 1. The summed E-state index contributed by atoms with van der Waals surface area (Å²) in [6.45, 7) is 4.74. The van der Waals surface area contributed by atoms with Crippen LogP contribution >= 0.6 is 0 Å². The number of carbonyl (C=O) groups is 2. The van der Waals surface area contributed by atoms with Crippen molar-refractivity contribution in [2.45, 2.75) is 38.6 Å². The lowest BCUT2D eigenvalue weighted by atomic mass is 10.2. The number of nitro benzene ring substituents is 1. The summed E-state index contributed by atoms with van der Waals surface area (Å²) in [4.78, 5) is 35.1. The van der Waals surface area contributed by atoms with Crippen LogP contribution in [0.2, 0.25) is 0 Å². The molecule has 0 aromatic heterocycles. The number of ether oxygens (including phenoxy) is 2. The normalized spacial score (nSPS) is 20.2. The Morgan fingerprint density at radius 2 is 1.84 bits per heavy atom. The zero-order chi connectivity index (χ0) is 18.8. The summed E-state index contributed by atoms with van der Waals surface area (Å²) in [5.74, 6) is -0.811. The number of nitrogens with zero attached hydrogens (tertiary/aromatic N) is 2. The number of alkyl halides is 1. The zero-order valence-corrected chi connectivity index (χ0v) is 14.1. The zero-order valence-electron chi connectivity index (χ0n) is 14.1. The number of hydrogen-bond acceptors (Lipinski definition) is 6. The quantitative estimate of drug-likeness (QED) is 0.470. The van der Waals surface area contributed by atoms with Crippen molar-refractivity contribution in [3.8, 4) is 0 Å². The van der Waals surface area contributed by atoms with Crippen molar-refractivity contribution < 1.29 is 28.4 Å². The molecule has 1 saturated heterocycles. The molecule has 1 heterocycles. The van der Waals surface area contributed by atoms with E-state index in [0.29, 0.717) is 0 Å². The number of benzene rings is 1. The molecule has 2 atom stereocenters. The number of nitro groups is 1. The van der Waals surface area contributed by atoms with E-state index in [0.717, 1.165) is 17.0 Å². The van der Waals surface area contributed by atoms with Crippen LogP contribution in [0.3, 0.4) is 0 Å². The molecule has 1 aliphatic rings. The van der Waals surface area contributed by atoms with Gasteiger partial charge in [-0.3, -0.25) is 10.1 Å². The van der Waals surface area contributed by atoms with Gasteiger partial charge in [-0.25, -0.2) is 14.0 Å². The lowest BCUT2D eigenvalue weighted by Gasteiger charge is -2.24. The van der Waals surface area contributed by atoms with Gasteiger partial charge in [-0.1, -0.05) is 0 Å². The second kappa shape index (κ2) is 7.04. The number of amides is 1. The number of rotatable bonds is 3. The lowest BCUT2D eigenvalue weighted by Crippen LogP contribution is -2.36. The van der Waals surface area contributed by atoms with Gasteiger partial charge in [0.15, 0.2) is 12.3 Å². The van der Waals surface area contributed by atoms with E-state index < -0.39 is 34.9 Å². The van der Waals surface area contributed by atoms with Crippen molar-refractivity contribution in [2.75, 3.05) is 13.1 Å². The fourth-order valence-electron chi connectivity index (χ4n) is 2.25. The molecule has 0 spiro atoms. The molecule has 0 saturated carbocycles. The Labute approximate surface area is 143 Å². The molecule has 0 unspecified atom stereocenters. The molecule has 1 aromatic rings. The fraction of sp³-hybridized carbons (Fsp3) is 0.500. The van der Waals surface area contributed by atoms with E-state index in [1.54, 1.807) is 20.8 Å². The highest BCUT2D eigenvalue weighted by Gasteiger charge is 2.39. The van der Waals surface area contributed by atoms with Gasteiger partial charge in [-0.15, -0.1) is 0 Å². The van der Waals surface area contributed by atoms with E-state index in [9.17, 15) is 24.1 Å². The van der Waals surface area contributed by atoms with E-state index in [4.69, 9.17) is 9.47 Å². The van der Waals surface area contributed by atoms with Crippen molar-refractivity contribution in [1.29, 1.82) is 0 Å². The van der Waals surface area contributed by atoms with Gasteiger partial charge in [0.05, 0.1) is 23.6 Å². The summed E-state index contributed by atoms with van der Waals surface area (Å²) in [7, 11) is 0. The van der Waals surface area contributed by atoms with E-state index in [-0.39, 0.29) is 24.3 Å². The molecule has 0 radical (unpaired) electrons. The molecule has 136 valence electrons. The van der Waals surface area contributed by atoms with Crippen LogP contribution in [0.5, 0.6) is 0 Å². The molecule has 1 amide bonds. The molecule has 1 aromatic carbocycles. The smallest absolute Gasteiger partial charge is 0.410 e. The summed E-state index contributed by atoms with van der Waals surface area (Å²) < 4.78 is 24.3. The van der Waals surface area contributed by atoms with Crippen molar-refractivity contribution in [3.63, 3.8) is 0 Å². The Morgan fingerprint density at radius 3 is 2.36 bits per heavy atom. The Balaban J connectivity index is 1.97. The van der Waals surface area contributed by atoms with E-state index in [1.807, 2.05) is 0 Å². The van der Waals surface area contributed by atoms with Gasteiger partial charge in [0, 0.05) is 12.1 Å². The topological polar surface area (TPSA) is 99.0 Å². The molecule has 0 bridgehead atoms. The van der Waals surface area contributed by atoms with Crippen molar-refractivity contribution >= 4 is 17.7 Å². The van der Waals surface area contributed by atoms with Crippen molar-refractivity contribution in [1.82, 2.24) is 4.90 Å². The first-order valence-corrected chi connectivity index (χ1v) is 7.64. The SMILES string of the molecule is CC(C)(C)OC(=O)N1C[C@@H](F)[C@@H](OC(=O)c2ccc([N+](=O)[O-])cc2)C1. The van der Waals surface area contributed by atoms with Gasteiger partial charge in [-0.2, -0.15) is 0 Å². The van der Waals surface area contributed by atoms with Crippen LogP contribution in [0.15, 0.2) is 24.3 Å². The first-order valence-electron chi connectivity index (χ1n) is 7.64. The van der Waals surface area contributed by atoms with Gasteiger partial charge in [-0.05, 0) is 32.9 Å². The average molecular weight is 354 g/mol. The Hall–Kier alpha value is -2.71. The third-order valence-corrected chi connectivity index (χ3v) is 3.42. The molecule has 0 N–H and O–H groups in total. The predicted octanol–water partition coefficient (Wildman–Crippen LogP) is 2.71. The predicted molar refractivity (Wildman–Crippen MR) is 85.0 cm³/mol. The van der Waals surface area contributed by atoms with Crippen LogP contribution < -0.4 is 0 Å². The molecule has 25 heavy (non-hydrogen) atoms. The van der Waals surface area contributed by atoms with Crippen molar-refractivity contribution in [3.05, 3.63) is 39.9 Å². The molecule has 0 aliphatic carbocycles. The second-order valence-corrected chi connectivity index (χ2v) is 6.65. The van der Waals surface area contributed by atoms with Crippen LogP contribution in [0, 0.1) is 10.1 Å². The highest BCUT2D eigenvalue weighted by molar-refractivity contribution is 5.89. The van der Waals surface area contributed by atoms with E-state index in [1.165, 1.54) is 12.1 Å². The van der Waals surface area contributed by atoms with Gasteiger partial charge >= 0.3 is 12.1 Å². The Morgan fingerprint density at radius 1 is 1.24 bits per heavy atom. The molecule has 1 aliphatic heterocycles. The minimum atomic E-state index is -1.53. The first-order chi connectivity index (χ1) is 11.6. The first kappa shape index (κ1) is 18.6. The van der Waals surface area contributed by atoms with Gasteiger partial charge in [0.2, 0.25) is 0 Å². The molecule has 9 heteroatoms. The van der Waals surface area contributed by atoms with E-state index in [2.05, 4.69) is 0 Å². The summed E-state index contributed by atoms with van der Waals surface area (Å²) in [5, 5.41) is 10.6. The maximum atomic E-state index is 14.1.